The van der Waals surface area contributed by atoms with Crippen molar-refractivity contribution >= 4 is 17.7 Å². The standard InChI is InChI=1S/C19H30N4O4/c1-4-7-20-18(25)12-23-8-5-15(6-9-23)22-17(24)11-21-19(26)16-10-13(2)27-14(16)3/h10,15H,4-9,11-12H2,1-3H3,(H,20,25)(H,21,26)(H,22,24). The molecule has 3 N–H and O–H groups in total. The van der Waals surface area contributed by atoms with E-state index >= 15 is 0 Å². The van der Waals surface area contributed by atoms with Gasteiger partial charge in [0.25, 0.3) is 5.91 Å². The largest absolute Gasteiger partial charge is 0.466 e. The molecule has 0 saturated carbocycles. The molecule has 0 aliphatic carbocycles. The first-order chi connectivity index (χ1) is 12.9. The quantitative estimate of drug-likeness (QED) is 0.619. The molecule has 1 aromatic rings. The third-order valence-corrected chi connectivity index (χ3v) is 4.59. The van der Waals surface area contributed by atoms with E-state index in [9.17, 15) is 14.4 Å². The van der Waals surface area contributed by atoms with E-state index in [2.05, 4.69) is 20.9 Å². The number of likely N-dealkylation sites (tertiary alicyclic amines) is 1. The molecule has 1 aromatic heterocycles. The first-order valence-electron chi connectivity index (χ1n) is 9.52. The molecule has 0 spiro atoms. The Morgan fingerprint density at radius 2 is 1.85 bits per heavy atom. The number of carbonyl (C=O) groups excluding carboxylic acids is 3. The predicted molar refractivity (Wildman–Crippen MR) is 101 cm³/mol. The molecule has 150 valence electrons. The minimum atomic E-state index is -0.313. The lowest BCUT2D eigenvalue weighted by Crippen LogP contribution is -2.49. The number of hydrogen-bond donors (Lipinski definition) is 3. The molecular weight excluding hydrogens is 348 g/mol. The first kappa shape index (κ1) is 21.0. The summed E-state index contributed by atoms with van der Waals surface area (Å²) in [4.78, 5) is 38.0. The Labute approximate surface area is 160 Å². The van der Waals surface area contributed by atoms with Crippen LogP contribution in [0.4, 0.5) is 0 Å². The highest BCUT2D eigenvalue weighted by Crippen LogP contribution is 2.13. The third-order valence-electron chi connectivity index (χ3n) is 4.59. The smallest absolute Gasteiger partial charge is 0.255 e. The zero-order valence-electron chi connectivity index (χ0n) is 16.4. The summed E-state index contributed by atoms with van der Waals surface area (Å²) in [5, 5.41) is 8.44. The van der Waals surface area contributed by atoms with Crippen LogP contribution in [0.25, 0.3) is 0 Å². The van der Waals surface area contributed by atoms with Gasteiger partial charge < -0.3 is 20.4 Å². The number of hydrogen-bond acceptors (Lipinski definition) is 5. The number of rotatable bonds is 8. The van der Waals surface area contributed by atoms with E-state index in [1.807, 2.05) is 6.92 Å². The van der Waals surface area contributed by atoms with Crippen LogP contribution < -0.4 is 16.0 Å². The topological polar surface area (TPSA) is 104 Å². The zero-order chi connectivity index (χ0) is 19.8. The van der Waals surface area contributed by atoms with Gasteiger partial charge in [0.1, 0.15) is 11.5 Å². The van der Waals surface area contributed by atoms with Crippen LogP contribution in [0.5, 0.6) is 0 Å². The summed E-state index contributed by atoms with van der Waals surface area (Å²) in [6.45, 7) is 8.09. The second kappa shape index (κ2) is 10.1. The summed E-state index contributed by atoms with van der Waals surface area (Å²) >= 11 is 0. The lowest BCUT2D eigenvalue weighted by Gasteiger charge is -2.31. The highest BCUT2D eigenvalue weighted by atomic mass is 16.3. The zero-order valence-corrected chi connectivity index (χ0v) is 16.4. The average Bonchev–Trinajstić information content (AvgIpc) is 2.98. The molecule has 8 nitrogen and oxygen atoms in total. The van der Waals surface area contributed by atoms with Crippen molar-refractivity contribution in [1.29, 1.82) is 0 Å². The van der Waals surface area contributed by atoms with E-state index in [1.54, 1.807) is 19.9 Å². The molecule has 2 heterocycles. The highest BCUT2D eigenvalue weighted by Gasteiger charge is 2.22. The van der Waals surface area contributed by atoms with Crippen LogP contribution in [0.2, 0.25) is 0 Å². The Morgan fingerprint density at radius 3 is 2.44 bits per heavy atom. The van der Waals surface area contributed by atoms with Gasteiger partial charge in [0.2, 0.25) is 11.8 Å². The number of piperidine rings is 1. The van der Waals surface area contributed by atoms with Gasteiger partial charge in [0.05, 0.1) is 18.7 Å². The van der Waals surface area contributed by atoms with Crippen molar-refractivity contribution in [3.05, 3.63) is 23.2 Å². The molecule has 3 amide bonds. The van der Waals surface area contributed by atoms with Crippen LogP contribution in [-0.2, 0) is 9.59 Å². The summed E-state index contributed by atoms with van der Waals surface area (Å²) in [5.74, 6) is 0.734. The van der Waals surface area contributed by atoms with Crippen molar-refractivity contribution in [1.82, 2.24) is 20.9 Å². The van der Waals surface area contributed by atoms with E-state index in [1.165, 1.54) is 0 Å². The maximum Gasteiger partial charge on any atom is 0.255 e. The van der Waals surface area contributed by atoms with Gasteiger partial charge in [-0.15, -0.1) is 0 Å². The summed E-state index contributed by atoms with van der Waals surface area (Å²) in [7, 11) is 0. The normalized spacial score (nSPS) is 15.4. The number of nitrogens with zero attached hydrogens (tertiary/aromatic N) is 1. The Kier molecular flexibility index (Phi) is 7.84. The van der Waals surface area contributed by atoms with E-state index < -0.39 is 0 Å². The van der Waals surface area contributed by atoms with Crippen LogP contribution >= 0.6 is 0 Å². The maximum absolute atomic E-state index is 12.1. The Hall–Kier alpha value is -2.35. The minimum Gasteiger partial charge on any atom is -0.466 e. The van der Waals surface area contributed by atoms with E-state index in [4.69, 9.17) is 4.42 Å². The molecule has 1 fully saturated rings. The summed E-state index contributed by atoms with van der Waals surface area (Å²) in [5.41, 5.74) is 0.454. The second-order valence-electron chi connectivity index (χ2n) is 6.98. The highest BCUT2D eigenvalue weighted by molar-refractivity contribution is 5.97. The van der Waals surface area contributed by atoms with Gasteiger partial charge in [-0.3, -0.25) is 19.3 Å². The Balaban J connectivity index is 1.66. The predicted octanol–water partition coefficient (Wildman–Crippen LogP) is 0.733. The lowest BCUT2D eigenvalue weighted by atomic mass is 10.0. The van der Waals surface area contributed by atoms with Gasteiger partial charge in [-0.1, -0.05) is 6.92 Å². The van der Waals surface area contributed by atoms with Crippen molar-refractivity contribution in [2.24, 2.45) is 0 Å². The van der Waals surface area contributed by atoms with Crippen LogP contribution in [0, 0.1) is 13.8 Å². The van der Waals surface area contributed by atoms with Gasteiger partial charge in [-0.2, -0.15) is 0 Å². The van der Waals surface area contributed by atoms with E-state index in [-0.39, 0.29) is 30.3 Å². The lowest BCUT2D eigenvalue weighted by molar-refractivity contribution is -0.123. The number of nitrogens with one attached hydrogen (secondary N) is 3. The molecular formula is C19H30N4O4. The maximum atomic E-state index is 12.1. The van der Waals surface area contributed by atoms with Crippen molar-refractivity contribution in [2.75, 3.05) is 32.7 Å². The Bertz CT molecular complexity index is 663. The molecule has 0 unspecified atom stereocenters. The van der Waals surface area contributed by atoms with Gasteiger partial charge >= 0.3 is 0 Å². The molecule has 1 saturated heterocycles. The number of carbonyl (C=O) groups is 3. The molecule has 0 radical (unpaired) electrons. The van der Waals surface area contributed by atoms with Gasteiger partial charge in [-0.05, 0) is 39.2 Å². The molecule has 0 aromatic carbocycles. The summed E-state index contributed by atoms with van der Waals surface area (Å²) in [6, 6.07) is 1.73. The first-order valence-corrected chi connectivity index (χ1v) is 9.52. The van der Waals surface area contributed by atoms with Crippen molar-refractivity contribution < 1.29 is 18.8 Å². The Morgan fingerprint density at radius 1 is 1.15 bits per heavy atom. The van der Waals surface area contributed by atoms with Gasteiger partial charge in [0, 0.05) is 25.7 Å². The van der Waals surface area contributed by atoms with Crippen LogP contribution in [0.15, 0.2) is 10.5 Å². The van der Waals surface area contributed by atoms with Crippen LogP contribution in [-0.4, -0.2) is 61.4 Å². The molecule has 0 atom stereocenters. The molecule has 2 rings (SSSR count). The second-order valence-corrected chi connectivity index (χ2v) is 6.98. The van der Waals surface area contributed by atoms with Gasteiger partial charge in [-0.25, -0.2) is 0 Å². The minimum absolute atomic E-state index is 0.0480. The van der Waals surface area contributed by atoms with Gasteiger partial charge in [0.15, 0.2) is 0 Å². The fourth-order valence-electron chi connectivity index (χ4n) is 3.15. The number of furan rings is 1. The molecule has 0 bridgehead atoms. The van der Waals surface area contributed by atoms with Crippen molar-refractivity contribution in [3.8, 4) is 0 Å². The average molecular weight is 378 g/mol. The fourth-order valence-corrected chi connectivity index (χ4v) is 3.15. The molecule has 8 heteroatoms. The fraction of sp³-hybridized carbons (Fsp3) is 0.632. The van der Waals surface area contributed by atoms with Crippen LogP contribution in [0.1, 0.15) is 48.1 Å². The third kappa shape index (κ3) is 6.71. The van der Waals surface area contributed by atoms with E-state index in [0.29, 0.717) is 30.2 Å². The number of aryl methyl sites for hydroxylation is 2. The molecule has 1 aliphatic heterocycles. The van der Waals surface area contributed by atoms with Crippen molar-refractivity contribution in [3.63, 3.8) is 0 Å². The monoisotopic (exact) mass is 378 g/mol. The molecule has 1 aliphatic rings. The van der Waals surface area contributed by atoms with Crippen molar-refractivity contribution in [2.45, 2.75) is 46.1 Å². The SMILES string of the molecule is CCCNC(=O)CN1CCC(NC(=O)CNC(=O)c2cc(C)oc2C)CC1. The van der Waals surface area contributed by atoms with E-state index in [0.717, 1.165) is 32.4 Å². The van der Waals surface area contributed by atoms with Crippen LogP contribution in [0.3, 0.4) is 0 Å². The summed E-state index contributed by atoms with van der Waals surface area (Å²) < 4.78 is 5.33. The summed E-state index contributed by atoms with van der Waals surface area (Å²) in [6.07, 6.45) is 2.51. The molecule has 27 heavy (non-hydrogen) atoms. The number of amides is 3.